The molecule has 1 rings (SSSR count). The highest BCUT2D eigenvalue weighted by Gasteiger charge is 2.39. The lowest BCUT2D eigenvalue weighted by molar-refractivity contribution is -0.169. The average molecular weight is 217 g/mol. The van der Waals surface area contributed by atoms with Gasteiger partial charge in [-0.2, -0.15) is 0 Å². The summed E-state index contributed by atoms with van der Waals surface area (Å²) in [6, 6.07) is -0.502. The zero-order chi connectivity index (χ0) is 11.6. The van der Waals surface area contributed by atoms with Crippen molar-refractivity contribution in [1.29, 1.82) is 0 Å². The highest BCUT2D eigenvalue weighted by atomic mass is 16.6. The van der Waals surface area contributed by atoms with Crippen molar-refractivity contribution in [2.75, 3.05) is 6.61 Å². The van der Waals surface area contributed by atoms with E-state index in [9.17, 15) is 9.59 Å². The van der Waals surface area contributed by atoms with Crippen LogP contribution in [0.1, 0.15) is 20.8 Å². The summed E-state index contributed by atoms with van der Waals surface area (Å²) in [5.41, 5.74) is -0.590. The molecule has 0 saturated carbocycles. The van der Waals surface area contributed by atoms with Gasteiger partial charge in [-0.25, -0.2) is 9.59 Å². The Kier molecular flexibility index (Phi) is 3.18. The van der Waals surface area contributed by atoms with Crippen LogP contribution in [0.2, 0.25) is 0 Å². The second-order valence-electron chi connectivity index (χ2n) is 4.34. The molecule has 2 unspecified atom stereocenters. The maximum atomic E-state index is 11.2. The van der Waals surface area contributed by atoms with E-state index in [-0.39, 0.29) is 6.61 Å². The molecule has 0 aliphatic carbocycles. The molecule has 2 atom stereocenters. The quantitative estimate of drug-likeness (QED) is 0.697. The first-order valence-corrected chi connectivity index (χ1v) is 4.63. The molecule has 1 amide bonds. The summed E-state index contributed by atoms with van der Waals surface area (Å²) in [6.07, 6.45) is -1.58. The van der Waals surface area contributed by atoms with Crippen LogP contribution in [0.25, 0.3) is 0 Å². The lowest BCUT2D eigenvalue weighted by Gasteiger charge is -2.34. The largest absolute Gasteiger partial charge is 0.479 e. The zero-order valence-electron chi connectivity index (χ0n) is 8.94. The Morgan fingerprint density at radius 3 is 2.40 bits per heavy atom. The molecule has 0 spiro atoms. The molecule has 1 fully saturated rings. The Balaban J connectivity index is 2.36. The van der Waals surface area contributed by atoms with Crippen LogP contribution < -0.4 is 5.32 Å². The van der Waals surface area contributed by atoms with Gasteiger partial charge in [0, 0.05) is 0 Å². The number of carboxylic acids is 1. The molecule has 86 valence electrons. The van der Waals surface area contributed by atoms with Gasteiger partial charge >= 0.3 is 12.1 Å². The van der Waals surface area contributed by atoms with Crippen LogP contribution in [-0.2, 0) is 14.3 Å². The van der Waals surface area contributed by atoms with Crippen molar-refractivity contribution in [2.24, 2.45) is 0 Å². The number of alkyl carbamates (subject to hydrolysis) is 1. The van der Waals surface area contributed by atoms with Gasteiger partial charge in [0.05, 0.1) is 12.6 Å². The predicted octanol–water partition coefficient (Wildman–Crippen LogP) is 0.363. The van der Waals surface area contributed by atoms with Gasteiger partial charge < -0.3 is 19.9 Å². The molecular formula is C9H15NO5. The minimum Gasteiger partial charge on any atom is -0.479 e. The maximum Gasteiger partial charge on any atom is 0.408 e. The van der Waals surface area contributed by atoms with Gasteiger partial charge in [-0.05, 0) is 20.8 Å². The molecule has 6 heteroatoms. The summed E-state index contributed by atoms with van der Waals surface area (Å²) in [7, 11) is 0. The van der Waals surface area contributed by atoms with Crippen LogP contribution in [0.4, 0.5) is 4.79 Å². The number of carboxylic acid groups (broad SMARTS) is 1. The SMILES string of the molecule is CC(C)(C)OC(=O)NC1COC1C(=O)O. The molecule has 0 radical (unpaired) electrons. The predicted molar refractivity (Wildman–Crippen MR) is 50.5 cm³/mol. The fourth-order valence-corrected chi connectivity index (χ4v) is 1.11. The van der Waals surface area contributed by atoms with Crippen molar-refractivity contribution in [1.82, 2.24) is 5.32 Å². The van der Waals surface area contributed by atoms with E-state index < -0.39 is 29.8 Å². The molecule has 0 bridgehead atoms. The van der Waals surface area contributed by atoms with E-state index in [1.54, 1.807) is 20.8 Å². The molecule has 0 aromatic heterocycles. The summed E-state index contributed by atoms with van der Waals surface area (Å²) in [5.74, 6) is -1.08. The van der Waals surface area contributed by atoms with Crippen molar-refractivity contribution >= 4 is 12.1 Å². The number of rotatable bonds is 2. The number of ether oxygens (including phenoxy) is 2. The fraction of sp³-hybridized carbons (Fsp3) is 0.778. The summed E-state index contributed by atoms with van der Waals surface area (Å²) in [6.45, 7) is 5.41. The van der Waals surface area contributed by atoms with Crippen LogP contribution in [0, 0.1) is 0 Å². The van der Waals surface area contributed by atoms with E-state index in [4.69, 9.17) is 14.6 Å². The highest BCUT2D eigenvalue weighted by molar-refractivity contribution is 5.76. The van der Waals surface area contributed by atoms with Gasteiger partial charge in [0.25, 0.3) is 0 Å². The first-order chi connectivity index (χ1) is 6.79. The second kappa shape index (κ2) is 4.06. The third-order valence-corrected chi connectivity index (χ3v) is 1.77. The van der Waals surface area contributed by atoms with Gasteiger partial charge in [0.15, 0.2) is 6.10 Å². The molecule has 1 aliphatic heterocycles. The molecule has 0 aromatic carbocycles. The van der Waals surface area contributed by atoms with Crippen molar-refractivity contribution in [3.63, 3.8) is 0 Å². The van der Waals surface area contributed by atoms with Gasteiger partial charge in [-0.1, -0.05) is 0 Å². The number of hydrogen-bond acceptors (Lipinski definition) is 4. The molecule has 15 heavy (non-hydrogen) atoms. The lowest BCUT2D eigenvalue weighted by Crippen LogP contribution is -2.59. The van der Waals surface area contributed by atoms with E-state index in [1.165, 1.54) is 0 Å². The van der Waals surface area contributed by atoms with E-state index in [2.05, 4.69) is 5.32 Å². The zero-order valence-corrected chi connectivity index (χ0v) is 8.94. The Morgan fingerprint density at radius 2 is 2.07 bits per heavy atom. The Morgan fingerprint density at radius 1 is 1.47 bits per heavy atom. The Hall–Kier alpha value is -1.30. The number of nitrogens with one attached hydrogen (secondary N) is 1. The molecule has 6 nitrogen and oxygen atoms in total. The van der Waals surface area contributed by atoms with Gasteiger partial charge in [-0.15, -0.1) is 0 Å². The van der Waals surface area contributed by atoms with E-state index in [0.717, 1.165) is 0 Å². The molecule has 1 saturated heterocycles. The topological polar surface area (TPSA) is 84.9 Å². The van der Waals surface area contributed by atoms with Gasteiger partial charge in [0.2, 0.25) is 0 Å². The monoisotopic (exact) mass is 217 g/mol. The van der Waals surface area contributed by atoms with Crippen LogP contribution >= 0.6 is 0 Å². The van der Waals surface area contributed by atoms with E-state index in [1.807, 2.05) is 0 Å². The van der Waals surface area contributed by atoms with Crippen LogP contribution in [0.5, 0.6) is 0 Å². The molecule has 1 heterocycles. The van der Waals surface area contributed by atoms with Gasteiger partial charge in [-0.3, -0.25) is 0 Å². The van der Waals surface area contributed by atoms with Crippen molar-refractivity contribution in [3.8, 4) is 0 Å². The number of amides is 1. The first kappa shape index (κ1) is 11.8. The van der Waals surface area contributed by atoms with E-state index in [0.29, 0.717) is 0 Å². The minimum absolute atomic E-state index is 0.205. The van der Waals surface area contributed by atoms with Crippen LogP contribution in [0.15, 0.2) is 0 Å². The Labute approximate surface area is 87.5 Å². The number of aliphatic carboxylic acids is 1. The van der Waals surface area contributed by atoms with Crippen molar-refractivity contribution in [3.05, 3.63) is 0 Å². The van der Waals surface area contributed by atoms with Crippen molar-refractivity contribution in [2.45, 2.75) is 38.5 Å². The highest BCUT2D eigenvalue weighted by Crippen LogP contribution is 2.14. The first-order valence-electron chi connectivity index (χ1n) is 4.63. The average Bonchev–Trinajstić information content (AvgIpc) is 1.93. The summed E-state index contributed by atoms with van der Waals surface area (Å²) >= 11 is 0. The molecule has 2 N–H and O–H groups in total. The maximum absolute atomic E-state index is 11.2. The normalized spacial score (nSPS) is 25.3. The standard InChI is InChI=1S/C9H15NO5/c1-9(2,3)15-8(13)10-5-4-14-6(5)7(11)12/h5-6H,4H2,1-3H3,(H,10,13)(H,11,12). The second-order valence-corrected chi connectivity index (χ2v) is 4.34. The summed E-state index contributed by atoms with van der Waals surface area (Å²) < 4.78 is 9.74. The third-order valence-electron chi connectivity index (χ3n) is 1.77. The lowest BCUT2D eigenvalue weighted by atomic mass is 10.1. The fourth-order valence-electron chi connectivity index (χ4n) is 1.11. The number of hydrogen-bond donors (Lipinski definition) is 2. The van der Waals surface area contributed by atoms with E-state index >= 15 is 0 Å². The molecular weight excluding hydrogens is 202 g/mol. The van der Waals surface area contributed by atoms with Gasteiger partial charge in [0.1, 0.15) is 5.60 Å². The summed E-state index contributed by atoms with van der Waals surface area (Å²) in [4.78, 5) is 21.8. The number of carbonyl (C=O) groups excluding carboxylic acids is 1. The van der Waals surface area contributed by atoms with Crippen LogP contribution in [-0.4, -0.2) is 41.5 Å². The Bertz CT molecular complexity index is 270. The van der Waals surface area contributed by atoms with Crippen molar-refractivity contribution < 1.29 is 24.2 Å². The minimum atomic E-state index is -1.08. The third kappa shape index (κ3) is 3.39. The smallest absolute Gasteiger partial charge is 0.408 e. The molecule has 0 aromatic rings. The summed E-state index contributed by atoms with van der Waals surface area (Å²) in [5, 5.41) is 11.1. The van der Waals surface area contributed by atoms with Crippen LogP contribution in [0.3, 0.4) is 0 Å². The molecule has 1 aliphatic rings. The number of carbonyl (C=O) groups is 2.